The first-order valence-corrected chi connectivity index (χ1v) is 13.9. The maximum atomic E-state index is 14.2. The summed E-state index contributed by atoms with van der Waals surface area (Å²) in [5.74, 6) is 0.747. The van der Waals surface area contributed by atoms with Crippen molar-refractivity contribution in [1.82, 2.24) is 10.9 Å². The number of nitrogens with zero attached hydrogens (tertiary/aromatic N) is 1. The van der Waals surface area contributed by atoms with Crippen LogP contribution >= 0.6 is 11.6 Å². The molecule has 0 fully saturated rings. The minimum Gasteiger partial charge on any atom is -0.494 e. The second kappa shape index (κ2) is 13.5. The van der Waals surface area contributed by atoms with E-state index < -0.39 is 11.6 Å². The lowest BCUT2D eigenvalue weighted by atomic mass is 9.82. The first-order chi connectivity index (χ1) is 20.1. The molecule has 2 atom stereocenters. The van der Waals surface area contributed by atoms with Crippen LogP contribution < -0.4 is 15.6 Å². The Kier molecular flexibility index (Phi) is 9.31. The van der Waals surface area contributed by atoms with Crippen LogP contribution in [0.2, 0.25) is 5.02 Å². The highest BCUT2D eigenvalue weighted by Crippen LogP contribution is 2.42. The fourth-order valence-electron chi connectivity index (χ4n) is 4.80. The van der Waals surface area contributed by atoms with E-state index in [0.29, 0.717) is 42.7 Å². The summed E-state index contributed by atoms with van der Waals surface area (Å²) in [6, 6.07) is 34.4. The third kappa shape index (κ3) is 6.95. The maximum Gasteiger partial charge on any atom is 0.266 e. The minimum atomic E-state index is -1.30. The molecule has 0 saturated heterocycles. The first kappa shape index (κ1) is 28.4. The Labute approximate surface area is 244 Å². The van der Waals surface area contributed by atoms with E-state index in [9.17, 15) is 4.79 Å². The molecule has 0 unspecified atom stereocenters. The topological polar surface area (TPSA) is 92.2 Å². The molecule has 3 N–H and O–H groups in total. The summed E-state index contributed by atoms with van der Waals surface area (Å²) in [6.45, 7) is 0.883. The van der Waals surface area contributed by atoms with Crippen molar-refractivity contribution in [3.63, 3.8) is 0 Å². The highest BCUT2D eigenvalue weighted by molar-refractivity contribution is 6.30. The Morgan fingerprint density at radius 1 is 0.927 bits per heavy atom. The van der Waals surface area contributed by atoms with Crippen LogP contribution in [0, 0.1) is 0 Å². The highest BCUT2D eigenvalue weighted by atomic mass is 35.5. The molecule has 4 aromatic carbocycles. The fourth-order valence-corrected chi connectivity index (χ4v) is 5.01. The Morgan fingerprint density at radius 2 is 1.63 bits per heavy atom. The van der Waals surface area contributed by atoms with Gasteiger partial charge >= 0.3 is 0 Å². The number of benzene rings is 4. The molecular formula is C33H32ClN3O4. The van der Waals surface area contributed by atoms with Crippen LogP contribution in [0.25, 0.3) is 0 Å². The van der Waals surface area contributed by atoms with Gasteiger partial charge in [-0.25, -0.2) is 10.4 Å². The van der Waals surface area contributed by atoms with Gasteiger partial charge in [-0.05, 0) is 53.1 Å². The number of aliphatic hydroxyl groups excluding tert-OH is 1. The Bertz CT molecular complexity index is 1470. The van der Waals surface area contributed by atoms with Crippen LogP contribution in [0.5, 0.6) is 5.75 Å². The van der Waals surface area contributed by atoms with Crippen LogP contribution in [0.1, 0.15) is 34.8 Å². The number of hydrogen-bond acceptors (Lipinski definition) is 6. The van der Waals surface area contributed by atoms with Crippen molar-refractivity contribution in [3.05, 3.63) is 136 Å². The monoisotopic (exact) mass is 569 g/mol. The quantitative estimate of drug-likeness (QED) is 0.156. The molecule has 7 nitrogen and oxygen atoms in total. The van der Waals surface area contributed by atoms with Crippen LogP contribution in [-0.4, -0.2) is 35.7 Å². The molecule has 1 aliphatic heterocycles. The van der Waals surface area contributed by atoms with E-state index in [2.05, 4.69) is 10.9 Å². The second-order valence-corrected chi connectivity index (χ2v) is 10.2. The zero-order chi connectivity index (χ0) is 28.5. The van der Waals surface area contributed by atoms with Gasteiger partial charge < -0.3 is 14.6 Å². The molecule has 0 saturated carbocycles. The number of aliphatic imine (C=N–C) groups is 1. The molecule has 1 heterocycles. The standard InChI is InChI=1S/C33H32ClN3O4/c34-28-14-7-11-25(21-28)23-35-37-32(39)33(22-24-9-3-1-4-10-24)30(26-12-5-2-6-13-26)41-31(36-33)27-15-17-29(18-16-27)40-20-8-19-38/h1-7,9-18,21,30,35,38H,8,19-20,22-23H2,(H,37,39)/t30-,33-/m0/s1. The Hall–Kier alpha value is -4.17. The van der Waals surface area contributed by atoms with E-state index in [1.54, 1.807) is 0 Å². The number of halogens is 1. The first-order valence-electron chi connectivity index (χ1n) is 13.5. The maximum absolute atomic E-state index is 14.2. The predicted octanol–water partition coefficient (Wildman–Crippen LogP) is 5.42. The van der Waals surface area contributed by atoms with Crippen molar-refractivity contribution < 1.29 is 19.4 Å². The summed E-state index contributed by atoms with van der Waals surface area (Å²) in [6.07, 6.45) is 0.204. The van der Waals surface area contributed by atoms with E-state index in [-0.39, 0.29) is 12.5 Å². The van der Waals surface area contributed by atoms with E-state index in [0.717, 1.165) is 22.3 Å². The molecule has 0 aromatic heterocycles. The second-order valence-electron chi connectivity index (χ2n) is 9.80. The number of aliphatic hydroxyl groups is 1. The van der Waals surface area contributed by atoms with Crippen molar-refractivity contribution in [1.29, 1.82) is 0 Å². The lowest BCUT2D eigenvalue weighted by molar-refractivity contribution is -0.130. The van der Waals surface area contributed by atoms with Gasteiger partial charge in [-0.3, -0.25) is 10.2 Å². The van der Waals surface area contributed by atoms with Crippen LogP contribution in [0.15, 0.2) is 114 Å². The van der Waals surface area contributed by atoms with Gasteiger partial charge in [-0.15, -0.1) is 0 Å². The summed E-state index contributed by atoms with van der Waals surface area (Å²) < 4.78 is 12.2. The molecule has 1 amide bonds. The smallest absolute Gasteiger partial charge is 0.266 e. The third-order valence-corrected chi connectivity index (χ3v) is 7.07. The summed E-state index contributed by atoms with van der Waals surface area (Å²) in [5, 5.41) is 9.65. The van der Waals surface area contributed by atoms with Gasteiger partial charge in [-0.1, -0.05) is 84.4 Å². The van der Waals surface area contributed by atoms with Crippen LogP contribution in [-0.2, 0) is 22.5 Å². The molecule has 0 aliphatic carbocycles. The van der Waals surface area contributed by atoms with Crippen LogP contribution in [0.3, 0.4) is 0 Å². The van der Waals surface area contributed by atoms with Crippen molar-refractivity contribution in [2.75, 3.05) is 13.2 Å². The zero-order valence-electron chi connectivity index (χ0n) is 22.5. The molecule has 0 radical (unpaired) electrons. The molecule has 8 heteroatoms. The zero-order valence-corrected chi connectivity index (χ0v) is 23.3. The molecule has 4 aromatic rings. The Morgan fingerprint density at radius 3 is 2.34 bits per heavy atom. The number of ether oxygens (including phenoxy) is 2. The number of rotatable bonds is 12. The van der Waals surface area contributed by atoms with Gasteiger partial charge in [0.2, 0.25) is 5.90 Å². The number of amides is 1. The van der Waals surface area contributed by atoms with Crippen molar-refractivity contribution in [2.45, 2.75) is 31.0 Å². The largest absolute Gasteiger partial charge is 0.494 e. The lowest BCUT2D eigenvalue weighted by Crippen LogP contribution is -2.53. The number of carbonyl (C=O) groups excluding carboxylic acids is 1. The van der Waals surface area contributed by atoms with Gasteiger partial charge in [0.15, 0.2) is 11.6 Å². The number of carbonyl (C=O) groups is 1. The molecule has 0 bridgehead atoms. The summed E-state index contributed by atoms with van der Waals surface area (Å²) in [4.78, 5) is 19.2. The third-order valence-electron chi connectivity index (χ3n) is 6.83. The van der Waals surface area contributed by atoms with E-state index in [1.807, 2.05) is 109 Å². The summed E-state index contributed by atoms with van der Waals surface area (Å²) >= 11 is 6.14. The van der Waals surface area contributed by atoms with Gasteiger partial charge in [-0.2, -0.15) is 0 Å². The molecule has 1 aliphatic rings. The van der Waals surface area contributed by atoms with Crippen LogP contribution in [0.4, 0.5) is 0 Å². The van der Waals surface area contributed by atoms with Gasteiger partial charge in [0.25, 0.3) is 5.91 Å². The number of hydrogen-bond donors (Lipinski definition) is 3. The molecular weight excluding hydrogens is 538 g/mol. The molecule has 41 heavy (non-hydrogen) atoms. The van der Waals surface area contributed by atoms with E-state index >= 15 is 0 Å². The lowest BCUT2D eigenvalue weighted by Gasteiger charge is -2.31. The van der Waals surface area contributed by atoms with Crippen molar-refractivity contribution in [3.8, 4) is 5.75 Å². The SMILES string of the molecule is O=C(NNCc1cccc(Cl)c1)[C@@]1(Cc2ccccc2)N=C(c2ccc(OCCCO)cc2)O[C@H]1c1ccccc1. The molecule has 0 spiro atoms. The van der Waals surface area contributed by atoms with Crippen molar-refractivity contribution in [2.24, 2.45) is 4.99 Å². The van der Waals surface area contributed by atoms with Gasteiger partial charge in [0.1, 0.15) is 5.75 Å². The summed E-state index contributed by atoms with van der Waals surface area (Å²) in [5.41, 5.74) is 8.13. The Balaban J connectivity index is 1.48. The van der Waals surface area contributed by atoms with E-state index in [4.69, 9.17) is 31.2 Å². The normalized spacial score (nSPS) is 17.9. The minimum absolute atomic E-state index is 0.0725. The highest BCUT2D eigenvalue weighted by Gasteiger charge is 2.53. The number of hydrazine groups is 1. The average Bonchev–Trinajstić information content (AvgIpc) is 3.39. The predicted molar refractivity (Wildman–Crippen MR) is 160 cm³/mol. The average molecular weight is 570 g/mol. The fraction of sp³-hybridized carbons (Fsp3) is 0.212. The summed E-state index contributed by atoms with van der Waals surface area (Å²) in [7, 11) is 0. The number of nitrogens with one attached hydrogen (secondary N) is 2. The van der Waals surface area contributed by atoms with Crippen molar-refractivity contribution >= 4 is 23.4 Å². The van der Waals surface area contributed by atoms with Gasteiger partial charge in [0.05, 0.1) is 6.61 Å². The molecule has 210 valence electrons. The van der Waals surface area contributed by atoms with E-state index in [1.165, 1.54) is 0 Å². The molecule has 5 rings (SSSR count). The van der Waals surface area contributed by atoms with Gasteiger partial charge in [0, 0.05) is 36.6 Å².